The van der Waals surface area contributed by atoms with Crippen molar-refractivity contribution < 1.29 is 18.4 Å². The second-order valence-electron chi connectivity index (χ2n) is 4.92. The highest BCUT2D eigenvalue weighted by Crippen LogP contribution is 2.25. The number of carbonyl (C=O) groups is 2. The maximum Gasteiger partial charge on any atom is 0.288 e. The number of alkyl halides is 2. The van der Waals surface area contributed by atoms with E-state index in [4.69, 9.17) is 11.6 Å². The Balaban J connectivity index is 1.74. The first-order chi connectivity index (χ1) is 12.0. The molecule has 2 amide bonds. The molecule has 0 aliphatic rings. The second-order valence-corrected chi connectivity index (χ2v) is 6.42. The summed E-state index contributed by atoms with van der Waals surface area (Å²) in [6.07, 6.45) is 0. The van der Waals surface area contributed by atoms with Crippen LogP contribution < -0.4 is 10.6 Å². The molecule has 0 aromatic heterocycles. The zero-order valence-electron chi connectivity index (χ0n) is 13.0. The van der Waals surface area contributed by atoms with Crippen molar-refractivity contribution in [3.8, 4) is 0 Å². The van der Waals surface area contributed by atoms with Crippen LogP contribution in [-0.2, 0) is 0 Å². The highest BCUT2D eigenvalue weighted by molar-refractivity contribution is 7.99. The van der Waals surface area contributed by atoms with Gasteiger partial charge in [0, 0.05) is 34.1 Å². The molecule has 2 aromatic rings. The molecule has 0 radical (unpaired) electrons. The molecule has 0 heterocycles. The largest absolute Gasteiger partial charge is 0.350 e. The van der Waals surface area contributed by atoms with Crippen LogP contribution in [0.25, 0.3) is 0 Å². The van der Waals surface area contributed by atoms with Crippen molar-refractivity contribution in [2.45, 2.75) is 10.7 Å². The summed E-state index contributed by atoms with van der Waals surface area (Å²) in [6, 6.07) is 12.3. The van der Waals surface area contributed by atoms with Crippen molar-refractivity contribution in [2.75, 3.05) is 13.1 Å². The van der Waals surface area contributed by atoms with Gasteiger partial charge in [0.05, 0.1) is 0 Å². The third-order valence-corrected chi connectivity index (χ3v) is 4.12. The van der Waals surface area contributed by atoms with E-state index >= 15 is 0 Å². The molecule has 0 saturated heterocycles. The van der Waals surface area contributed by atoms with E-state index in [-0.39, 0.29) is 24.9 Å². The van der Waals surface area contributed by atoms with Gasteiger partial charge in [-0.25, -0.2) is 0 Å². The first kappa shape index (κ1) is 19.2. The zero-order chi connectivity index (χ0) is 18.2. The minimum absolute atomic E-state index is 0.242. The van der Waals surface area contributed by atoms with E-state index in [1.165, 1.54) is 24.3 Å². The molecule has 132 valence electrons. The molecule has 0 bridgehead atoms. The second kappa shape index (κ2) is 9.39. The molecule has 0 atom stereocenters. The third-order valence-electron chi connectivity index (χ3n) is 3.14. The van der Waals surface area contributed by atoms with Gasteiger partial charge in [0.1, 0.15) is 0 Å². The van der Waals surface area contributed by atoms with Crippen molar-refractivity contribution in [1.29, 1.82) is 0 Å². The Labute approximate surface area is 152 Å². The number of amides is 2. The third kappa shape index (κ3) is 6.36. The van der Waals surface area contributed by atoms with Crippen LogP contribution in [0.15, 0.2) is 53.4 Å². The fourth-order valence-electron chi connectivity index (χ4n) is 1.95. The summed E-state index contributed by atoms with van der Waals surface area (Å²) in [5.41, 5.74) is 0.838. The molecule has 0 saturated carbocycles. The molecule has 0 aliphatic heterocycles. The Bertz CT molecular complexity index is 724. The predicted octanol–water partition coefficient (Wildman–Crippen LogP) is 3.81. The van der Waals surface area contributed by atoms with E-state index in [1.807, 2.05) is 0 Å². The van der Waals surface area contributed by atoms with Crippen molar-refractivity contribution >= 4 is 35.2 Å². The molecule has 2 aromatic carbocycles. The van der Waals surface area contributed by atoms with Crippen LogP contribution in [0.3, 0.4) is 0 Å². The molecular formula is C17H15ClF2N2O2S. The molecule has 2 rings (SSSR count). The van der Waals surface area contributed by atoms with Gasteiger partial charge in [-0.1, -0.05) is 23.4 Å². The Kier molecular flexibility index (Phi) is 7.21. The standard InChI is InChI=1S/C17H15ClF2N2O2S/c18-13-5-1-11(2-6-13)15(23)21-9-10-22-16(24)12-3-7-14(8-4-12)25-17(19)20/h1-8,17H,9-10H2,(H,21,23)(H,22,24). The topological polar surface area (TPSA) is 58.2 Å². The van der Waals surface area contributed by atoms with Crippen molar-refractivity contribution in [3.63, 3.8) is 0 Å². The summed E-state index contributed by atoms with van der Waals surface area (Å²) in [7, 11) is 0. The lowest BCUT2D eigenvalue weighted by Gasteiger charge is -2.08. The van der Waals surface area contributed by atoms with Crippen LogP contribution in [0.4, 0.5) is 8.78 Å². The molecule has 4 nitrogen and oxygen atoms in total. The summed E-state index contributed by atoms with van der Waals surface area (Å²) in [5, 5.41) is 5.86. The number of benzene rings is 2. The highest BCUT2D eigenvalue weighted by atomic mass is 35.5. The summed E-state index contributed by atoms with van der Waals surface area (Å²) in [4.78, 5) is 24.2. The smallest absolute Gasteiger partial charge is 0.288 e. The van der Waals surface area contributed by atoms with Gasteiger partial charge in [0.2, 0.25) is 0 Å². The first-order valence-corrected chi connectivity index (χ1v) is 8.58. The monoisotopic (exact) mass is 384 g/mol. The molecule has 0 aliphatic carbocycles. The lowest BCUT2D eigenvalue weighted by molar-refractivity contribution is 0.0927. The number of thioether (sulfide) groups is 1. The van der Waals surface area contributed by atoms with Gasteiger partial charge in [-0.15, -0.1) is 0 Å². The average molecular weight is 385 g/mol. The Morgan fingerprint density at radius 3 is 1.76 bits per heavy atom. The summed E-state index contributed by atoms with van der Waals surface area (Å²) in [5.74, 6) is -3.10. The number of rotatable bonds is 7. The van der Waals surface area contributed by atoms with Crippen LogP contribution in [0, 0.1) is 0 Å². The van der Waals surface area contributed by atoms with E-state index in [9.17, 15) is 18.4 Å². The number of hydrogen-bond donors (Lipinski definition) is 2. The molecule has 25 heavy (non-hydrogen) atoms. The van der Waals surface area contributed by atoms with Crippen molar-refractivity contribution in [1.82, 2.24) is 10.6 Å². The van der Waals surface area contributed by atoms with E-state index in [0.29, 0.717) is 32.8 Å². The Morgan fingerprint density at radius 1 is 0.880 bits per heavy atom. The fourth-order valence-corrected chi connectivity index (χ4v) is 2.57. The van der Waals surface area contributed by atoms with Gasteiger partial charge in [0.15, 0.2) is 0 Å². The normalized spacial score (nSPS) is 10.6. The zero-order valence-corrected chi connectivity index (χ0v) is 14.5. The lowest BCUT2D eigenvalue weighted by Crippen LogP contribution is -2.34. The van der Waals surface area contributed by atoms with Crippen molar-refractivity contribution in [3.05, 3.63) is 64.7 Å². The van der Waals surface area contributed by atoms with Gasteiger partial charge in [-0.3, -0.25) is 9.59 Å². The SMILES string of the molecule is O=C(NCCNC(=O)c1ccc(SC(F)F)cc1)c1ccc(Cl)cc1. The Hall–Kier alpha value is -2.12. The number of carbonyl (C=O) groups excluding carboxylic acids is 2. The maximum atomic E-state index is 12.2. The highest BCUT2D eigenvalue weighted by Gasteiger charge is 2.09. The molecule has 0 spiro atoms. The number of halogens is 3. The van der Waals surface area contributed by atoms with Gasteiger partial charge in [-0.2, -0.15) is 8.78 Å². The van der Waals surface area contributed by atoms with Crippen LogP contribution in [0.5, 0.6) is 0 Å². The van der Waals surface area contributed by atoms with Gasteiger partial charge in [0.25, 0.3) is 17.6 Å². The van der Waals surface area contributed by atoms with Crippen molar-refractivity contribution in [2.24, 2.45) is 0 Å². The van der Waals surface area contributed by atoms with Crippen LogP contribution >= 0.6 is 23.4 Å². The van der Waals surface area contributed by atoms with Crippen LogP contribution in [0.2, 0.25) is 5.02 Å². The minimum atomic E-state index is -2.50. The minimum Gasteiger partial charge on any atom is -0.350 e. The summed E-state index contributed by atoms with van der Waals surface area (Å²) >= 11 is 6.17. The summed E-state index contributed by atoms with van der Waals surface area (Å²) in [6.45, 7) is 0.498. The fraction of sp³-hybridized carbons (Fsp3) is 0.176. The number of hydrogen-bond acceptors (Lipinski definition) is 3. The average Bonchev–Trinajstić information content (AvgIpc) is 2.59. The lowest BCUT2D eigenvalue weighted by atomic mass is 10.2. The molecular weight excluding hydrogens is 370 g/mol. The Morgan fingerprint density at radius 2 is 1.32 bits per heavy atom. The maximum absolute atomic E-state index is 12.2. The van der Waals surface area contributed by atoms with E-state index in [1.54, 1.807) is 24.3 Å². The predicted molar refractivity (Wildman–Crippen MR) is 94.4 cm³/mol. The molecule has 8 heteroatoms. The number of nitrogens with one attached hydrogen (secondary N) is 2. The molecule has 0 fully saturated rings. The van der Waals surface area contributed by atoms with Crippen LogP contribution in [-0.4, -0.2) is 30.7 Å². The van der Waals surface area contributed by atoms with Gasteiger partial charge >= 0.3 is 0 Å². The first-order valence-electron chi connectivity index (χ1n) is 7.32. The van der Waals surface area contributed by atoms with E-state index < -0.39 is 5.76 Å². The quantitative estimate of drug-likeness (QED) is 0.563. The summed E-state index contributed by atoms with van der Waals surface area (Å²) < 4.78 is 24.5. The van der Waals surface area contributed by atoms with Crippen LogP contribution in [0.1, 0.15) is 20.7 Å². The van der Waals surface area contributed by atoms with E-state index in [2.05, 4.69) is 10.6 Å². The van der Waals surface area contributed by atoms with E-state index in [0.717, 1.165) is 0 Å². The molecule has 0 unspecified atom stereocenters. The van der Waals surface area contributed by atoms with Gasteiger partial charge in [-0.05, 0) is 48.5 Å². The molecule has 2 N–H and O–H groups in total. The van der Waals surface area contributed by atoms with Gasteiger partial charge < -0.3 is 10.6 Å².